The molecule has 0 amide bonds. The smallest absolute Gasteiger partial charge is 0.0751 e. The molecule has 1 rings (SSSR count). The molecule has 0 heterocycles. The minimum absolute atomic E-state index is 0.00762. The number of hydrogen-bond acceptors (Lipinski definition) is 2. The summed E-state index contributed by atoms with van der Waals surface area (Å²) in [5.41, 5.74) is 0.157. The molecule has 0 aromatic heterocycles. The molecule has 2 atom stereocenters. The Morgan fingerprint density at radius 2 is 1.73 bits per heavy atom. The Balaban J connectivity index is 2.67. The van der Waals surface area contributed by atoms with Crippen molar-refractivity contribution < 1.29 is 9.47 Å². The third-order valence-corrected chi connectivity index (χ3v) is 3.48. The number of methoxy groups -OCH3 is 2. The molecular weight excluding hydrogens is 140 g/mol. The number of ether oxygens (including phenoxy) is 2. The highest BCUT2D eigenvalue weighted by Gasteiger charge is 2.58. The van der Waals surface area contributed by atoms with Crippen molar-refractivity contribution in [2.24, 2.45) is 5.41 Å². The summed E-state index contributed by atoms with van der Waals surface area (Å²) in [5.74, 6) is 0. The molecule has 0 saturated heterocycles. The van der Waals surface area contributed by atoms with Gasteiger partial charge in [-0.15, -0.1) is 0 Å². The zero-order chi connectivity index (χ0) is 8.70. The van der Waals surface area contributed by atoms with E-state index in [2.05, 4.69) is 20.8 Å². The highest BCUT2D eigenvalue weighted by molar-refractivity contribution is 5.08. The Bertz CT molecular complexity index is 154. The predicted molar refractivity (Wildman–Crippen MR) is 44.6 cm³/mol. The van der Waals surface area contributed by atoms with Crippen molar-refractivity contribution in [2.45, 2.75) is 38.9 Å². The molecule has 66 valence electrons. The number of hydrogen-bond donors (Lipinski definition) is 0. The van der Waals surface area contributed by atoms with Crippen LogP contribution in [0.15, 0.2) is 0 Å². The van der Waals surface area contributed by atoms with Gasteiger partial charge in [-0.05, 0) is 6.92 Å². The maximum Gasteiger partial charge on any atom is 0.0751 e. The van der Waals surface area contributed by atoms with Gasteiger partial charge in [0.25, 0.3) is 0 Å². The molecule has 2 nitrogen and oxygen atoms in total. The van der Waals surface area contributed by atoms with E-state index in [0.29, 0.717) is 6.10 Å². The van der Waals surface area contributed by atoms with E-state index in [1.54, 1.807) is 14.2 Å². The zero-order valence-corrected chi connectivity index (χ0v) is 8.10. The van der Waals surface area contributed by atoms with Gasteiger partial charge in [0.05, 0.1) is 11.7 Å². The molecule has 0 spiro atoms. The van der Waals surface area contributed by atoms with Crippen LogP contribution < -0.4 is 0 Å². The average Bonchev–Trinajstić information content (AvgIpc) is 1.99. The third-order valence-electron chi connectivity index (χ3n) is 3.48. The monoisotopic (exact) mass is 158 g/mol. The summed E-state index contributed by atoms with van der Waals surface area (Å²) in [5, 5.41) is 0. The Morgan fingerprint density at radius 1 is 1.18 bits per heavy atom. The van der Waals surface area contributed by atoms with Crippen molar-refractivity contribution in [3.63, 3.8) is 0 Å². The van der Waals surface area contributed by atoms with Crippen molar-refractivity contribution in [1.29, 1.82) is 0 Å². The summed E-state index contributed by atoms with van der Waals surface area (Å²) in [6.45, 7) is 6.52. The maximum atomic E-state index is 5.44. The lowest BCUT2D eigenvalue weighted by atomic mass is 9.57. The second-order valence-electron chi connectivity index (χ2n) is 4.09. The molecule has 0 aromatic rings. The van der Waals surface area contributed by atoms with E-state index in [9.17, 15) is 0 Å². The van der Waals surface area contributed by atoms with Gasteiger partial charge in [0.1, 0.15) is 0 Å². The normalized spacial score (nSPS) is 41.7. The fourth-order valence-electron chi connectivity index (χ4n) is 1.81. The largest absolute Gasteiger partial charge is 0.381 e. The molecule has 0 aromatic carbocycles. The van der Waals surface area contributed by atoms with Crippen LogP contribution in [0.5, 0.6) is 0 Å². The van der Waals surface area contributed by atoms with Gasteiger partial charge in [0.15, 0.2) is 0 Å². The molecule has 11 heavy (non-hydrogen) atoms. The molecule has 0 radical (unpaired) electrons. The molecular formula is C9H18O2. The lowest BCUT2D eigenvalue weighted by molar-refractivity contribution is -0.238. The molecule has 0 bridgehead atoms. The van der Waals surface area contributed by atoms with Gasteiger partial charge >= 0.3 is 0 Å². The Morgan fingerprint density at radius 3 is 2.00 bits per heavy atom. The van der Waals surface area contributed by atoms with Gasteiger partial charge in [0, 0.05) is 26.1 Å². The predicted octanol–water partition coefficient (Wildman–Crippen LogP) is 1.84. The Labute approximate surface area is 68.9 Å². The SMILES string of the molecule is COC1CC(C)(OC)C1(C)C. The molecule has 0 N–H and O–H groups in total. The van der Waals surface area contributed by atoms with E-state index < -0.39 is 0 Å². The van der Waals surface area contributed by atoms with Crippen LogP contribution in [0.2, 0.25) is 0 Å². The fraction of sp³-hybridized carbons (Fsp3) is 1.00. The maximum absolute atomic E-state index is 5.44. The molecule has 1 aliphatic rings. The zero-order valence-electron chi connectivity index (χ0n) is 8.10. The van der Waals surface area contributed by atoms with Crippen LogP contribution in [0.25, 0.3) is 0 Å². The molecule has 2 heteroatoms. The summed E-state index contributed by atoms with van der Waals surface area (Å²) >= 11 is 0. The Hall–Kier alpha value is -0.0800. The highest BCUT2D eigenvalue weighted by Crippen LogP contribution is 2.52. The quantitative estimate of drug-likeness (QED) is 0.610. The van der Waals surface area contributed by atoms with Crippen LogP contribution in [-0.4, -0.2) is 25.9 Å². The summed E-state index contributed by atoms with van der Waals surface area (Å²) in [6.07, 6.45) is 1.36. The first-order valence-corrected chi connectivity index (χ1v) is 4.06. The highest BCUT2D eigenvalue weighted by atomic mass is 16.5. The van der Waals surface area contributed by atoms with E-state index in [4.69, 9.17) is 9.47 Å². The lowest BCUT2D eigenvalue weighted by Crippen LogP contribution is -2.63. The van der Waals surface area contributed by atoms with Gasteiger partial charge in [-0.2, -0.15) is 0 Å². The third kappa shape index (κ3) is 1.00. The van der Waals surface area contributed by atoms with Crippen LogP contribution in [0.1, 0.15) is 27.2 Å². The van der Waals surface area contributed by atoms with E-state index in [0.717, 1.165) is 6.42 Å². The van der Waals surface area contributed by atoms with Crippen molar-refractivity contribution in [1.82, 2.24) is 0 Å². The van der Waals surface area contributed by atoms with Crippen LogP contribution in [0, 0.1) is 5.41 Å². The first-order chi connectivity index (χ1) is 4.98. The van der Waals surface area contributed by atoms with E-state index in [1.807, 2.05) is 0 Å². The van der Waals surface area contributed by atoms with Crippen LogP contribution in [0.4, 0.5) is 0 Å². The van der Waals surface area contributed by atoms with Crippen molar-refractivity contribution in [3.8, 4) is 0 Å². The molecule has 1 saturated carbocycles. The van der Waals surface area contributed by atoms with Crippen LogP contribution in [-0.2, 0) is 9.47 Å². The minimum Gasteiger partial charge on any atom is -0.381 e. The minimum atomic E-state index is 0.00762. The van der Waals surface area contributed by atoms with E-state index >= 15 is 0 Å². The molecule has 1 aliphatic carbocycles. The van der Waals surface area contributed by atoms with Gasteiger partial charge in [-0.3, -0.25) is 0 Å². The lowest BCUT2D eigenvalue weighted by Gasteiger charge is -2.58. The van der Waals surface area contributed by atoms with Crippen molar-refractivity contribution >= 4 is 0 Å². The van der Waals surface area contributed by atoms with Gasteiger partial charge in [0.2, 0.25) is 0 Å². The second kappa shape index (κ2) is 2.46. The van der Waals surface area contributed by atoms with Gasteiger partial charge in [-0.25, -0.2) is 0 Å². The van der Waals surface area contributed by atoms with Gasteiger partial charge in [-0.1, -0.05) is 13.8 Å². The van der Waals surface area contributed by atoms with Crippen LogP contribution >= 0.6 is 0 Å². The summed E-state index contributed by atoms with van der Waals surface area (Å²) in [4.78, 5) is 0. The summed E-state index contributed by atoms with van der Waals surface area (Å²) in [7, 11) is 3.54. The summed E-state index contributed by atoms with van der Waals surface area (Å²) < 4.78 is 10.8. The first kappa shape index (κ1) is 9.01. The fourth-order valence-corrected chi connectivity index (χ4v) is 1.81. The molecule has 1 fully saturated rings. The first-order valence-electron chi connectivity index (χ1n) is 4.06. The average molecular weight is 158 g/mol. The van der Waals surface area contributed by atoms with Gasteiger partial charge < -0.3 is 9.47 Å². The Kier molecular flexibility index (Phi) is 2.01. The molecule has 2 unspecified atom stereocenters. The molecule has 0 aliphatic heterocycles. The topological polar surface area (TPSA) is 18.5 Å². The van der Waals surface area contributed by atoms with Crippen molar-refractivity contribution in [3.05, 3.63) is 0 Å². The summed E-state index contributed by atoms with van der Waals surface area (Å²) in [6, 6.07) is 0. The van der Waals surface area contributed by atoms with Crippen LogP contribution in [0.3, 0.4) is 0 Å². The van der Waals surface area contributed by atoms with E-state index in [1.165, 1.54) is 0 Å². The number of rotatable bonds is 2. The van der Waals surface area contributed by atoms with Crippen molar-refractivity contribution in [2.75, 3.05) is 14.2 Å². The van der Waals surface area contributed by atoms with E-state index in [-0.39, 0.29) is 11.0 Å². The second-order valence-corrected chi connectivity index (χ2v) is 4.09. The standard InChI is InChI=1S/C9H18O2/c1-8(2)7(10-4)6-9(8,3)11-5/h7H,6H2,1-5H3.